The summed E-state index contributed by atoms with van der Waals surface area (Å²) in [6.07, 6.45) is 4.07. The SMILES string of the molecule is COc1cc(OC(C)C)c(C2(C(=O)NS(=O)(=O)c3cccc4[nH]ccc34)CC2)cn1. The zero-order valence-corrected chi connectivity index (χ0v) is 17.7. The minimum atomic E-state index is -4.06. The highest BCUT2D eigenvalue weighted by Crippen LogP contribution is 2.52. The molecule has 0 saturated heterocycles. The molecule has 0 bridgehead atoms. The molecule has 2 N–H and O–H groups in total. The molecule has 0 aliphatic heterocycles. The number of hydrogen-bond donors (Lipinski definition) is 2. The average molecular weight is 429 g/mol. The van der Waals surface area contributed by atoms with Gasteiger partial charge in [0.1, 0.15) is 5.75 Å². The molecule has 0 radical (unpaired) electrons. The van der Waals surface area contributed by atoms with Crippen molar-refractivity contribution in [1.82, 2.24) is 14.7 Å². The summed E-state index contributed by atoms with van der Waals surface area (Å²) in [5.41, 5.74) is 0.241. The van der Waals surface area contributed by atoms with Crippen LogP contribution in [0.3, 0.4) is 0 Å². The molecular formula is C21H23N3O5S. The van der Waals surface area contributed by atoms with Crippen LogP contribution in [0.4, 0.5) is 0 Å². The molecule has 30 heavy (non-hydrogen) atoms. The summed E-state index contributed by atoms with van der Waals surface area (Å²) in [6.45, 7) is 3.75. The largest absolute Gasteiger partial charge is 0.490 e. The quantitative estimate of drug-likeness (QED) is 0.598. The number of amides is 1. The van der Waals surface area contributed by atoms with E-state index in [9.17, 15) is 13.2 Å². The van der Waals surface area contributed by atoms with Gasteiger partial charge in [0, 0.05) is 34.9 Å². The van der Waals surface area contributed by atoms with Gasteiger partial charge in [-0.1, -0.05) is 6.07 Å². The maximum atomic E-state index is 13.2. The van der Waals surface area contributed by atoms with E-state index in [4.69, 9.17) is 9.47 Å². The zero-order valence-electron chi connectivity index (χ0n) is 16.9. The minimum Gasteiger partial charge on any atom is -0.490 e. The van der Waals surface area contributed by atoms with Gasteiger partial charge in [-0.2, -0.15) is 0 Å². The lowest BCUT2D eigenvalue weighted by atomic mass is 9.96. The molecule has 0 unspecified atom stereocenters. The highest BCUT2D eigenvalue weighted by molar-refractivity contribution is 7.90. The Bertz CT molecular complexity index is 1210. The lowest BCUT2D eigenvalue weighted by Gasteiger charge is -2.21. The van der Waals surface area contributed by atoms with Gasteiger partial charge in [0.2, 0.25) is 11.8 Å². The van der Waals surface area contributed by atoms with Crippen LogP contribution in [0.1, 0.15) is 32.3 Å². The standard InChI is InChI=1S/C21H23N3O5S/c1-13(2)29-17-11-19(28-3)23-12-15(17)21(8-9-21)20(25)24-30(26,27)18-6-4-5-16-14(18)7-10-22-16/h4-7,10-13,22H,8-9H2,1-3H3,(H,24,25). The summed E-state index contributed by atoms with van der Waals surface area (Å²) in [5.74, 6) is 0.239. The number of ether oxygens (including phenoxy) is 2. The molecule has 158 valence electrons. The van der Waals surface area contributed by atoms with E-state index in [1.54, 1.807) is 30.5 Å². The third kappa shape index (κ3) is 3.49. The first kappa shape index (κ1) is 20.2. The summed E-state index contributed by atoms with van der Waals surface area (Å²) in [7, 11) is -2.57. The van der Waals surface area contributed by atoms with Crippen molar-refractivity contribution >= 4 is 26.8 Å². The van der Waals surface area contributed by atoms with Crippen molar-refractivity contribution in [2.24, 2.45) is 0 Å². The first-order valence-corrected chi connectivity index (χ1v) is 11.1. The third-order valence-electron chi connectivity index (χ3n) is 5.18. The Labute approximate surface area is 174 Å². The molecule has 2 heterocycles. The topological polar surface area (TPSA) is 110 Å². The van der Waals surface area contributed by atoms with E-state index >= 15 is 0 Å². The van der Waals surface area contributed by atoms with E-state index in [1.165, 1.54) is 19.4 Å². The Balaban J connectivity index is 1.68. The van der Waals surface area contributed by atoms with Crippen LogP contribution in [0.25, 0.3) is 10.9 Å². The molecule has 8 nitrogen and oxygen atoms in total. The molecule has 2 aromatic heterocycles. The molecule has 4 rings (SSSR count). The number of carbonyl (C=O) groups is 1. The molecule has 1 fully saturated rings. The Morgan fingerprint density at radius 1 is 1.27 bits per heavy atom. The van der Waals surface area contributed by atoms with Crippen LogP contribution in [-0.4, -0.2) is 37.5 Å². The third-order valence-corrected chi connectivity index (χ3v) is 6.57. The molecule has 9 heteroatoms. The fourth-order valence-corrected chi connectivity index (χ4v) is 4.83. The fraction of sp³-hybridized carbons (Fsp3) is 0.333. The summed E-state index contributed by atoms with van der Waals surface area (Å²) in [4.78, 5) is 20.4. The van der Waals surface area contributed by atoms with Gasteiger partial charge in [-0.15, -0.1) is 0 Å². The van der Waals surface area contributed by atoms with E-state index in [0.29, 0.717) is 40.9 Å². The predicted molar refractivity (Wildman–Crippen MR) is 111 cm³/mol. The number of aromatic amines is 1. The smallest absolute Gasteiger partial charge is 0.264 e. The number of nitrogens with zero attached hydrogens (tertiary/aromatic N) is 1. The van der Waals surface area contributed by atoms with Crippen molar-refractivity contribution in [2.45, 2.75) is 43.1 Å². The molecule has 3 aromatic rings. The summed E-state index contributed by atoms with van der Waals surface area (Å²) < 4.78 is 39.3. The van der Waals surface area contributed by atoms with Crippen molar-refractivity contribution in [3.05, 3.63) is 48.3 Å². The van der Waals surface area contributed by atoms with Gasteiger partial charge in [0.05, 0.1) is 23.5 Å². The number of hydrogen-bond acceptors (Lipinski definition) is 6. The Morgan fingerprint density at radius 3 is 2.70 bits per heavy atom. The van der Waals surface area contributed by atoms with Gasteiger partial charge >= 0.3 is 0 Å². The molecule has 0 spiro atoms. The predicted octanol–water partition coefficient (Wildman–Crippen LogP) is 2.90. The van der Waals surface area contributed by atoms with Crippen molar-refractivity contribution in [3.8, 4) is 11.6 Å². The maximum Gasteiger partial charge on any atom is 0.264 e. The van der Waals surface area contributed by atoms with Gasteiger partial charge in [-0.05, 0) is 44.9 Å². The molecule has 1 saturated carbocycles. The second-order valence-electron chi connectivity index (χ2n) is 7.60. The number of benzene rings is 1. The molecule has 1 aliphatic rings. The number of H-pyrrole nitrogens is 1. The number of sulfonamides is 1. The molecule has 1 aliphatic carbocycles. The second-order valence-corrected chi connectivity index (χ2v) is 9.25. The van der Waals surface area contributed by atoms with E-state index in [2.05, 4.69) is 14.7 Å². The number of pyridine rings is 1. The van der Waals surface area contributed by atoms with Crippen LogP contribution in [0.15, 0.2) is 47.6 Å². The van der Waals surface area contributed by atoms with Crippen molar-refractivity contribution in [3.63, 3.8) is 0 Å². The molecule has 1 amide bonds. The fourth-order valence-electron chi connectivity index (χ4n) is 3.55. The van der Waals surface area contributed by atoms with Crippen LogP contribution in [0.5, 0.6) is 11.6 Å². The lowest BCUT2D eigenvalue weighted by molar-refractivity contribution is -0.121. The average Bonchev–Trinajstić information content (AvgIpc) is 3.36. The van der Waals surface area contributed by atoms with Crippen LogP contribution in [0, 0.1) is 0 Å². The van der Waals surface area contributed by atoms with Gasteiger partial charge < -0.3 is 14.5 Å². The van der Waals surface area contributed by atoms with E-state index in [0.717, 1.165) is 0 Å². The normalized spacial score (nSPS) is 15.2. The van der Waals surface area contributed by atoms with E-state index in [1.807, 2.05) is 13.8 Å². The molecule has 1 aromatic carbocycles. The van der Waals surface area contributed by atoms with Gasteiger partial charge in [0.25, 0.3) is 10.0 Å². The number of nitrogens with one attached hydrogen (secondary N) is 2. The van der Waals surface area contributed by atoms with E-state index in [-0.39, 0.29) is 11.0 Å². The number of fused-ring (bicyclic) bond motifs is 1. The summed E-state index contributed by atoms with van der Waals surface area (Å²) in [6, 6.07) is 8.18. The summed E-state index contributed by atoms with van der Waals surface area (Å²) >= 11 is 0. The van der Waals surface area contributed by atoms with Crippen LogP contribution in [-0.2, 0) is 20.2 Å². The van der Waals surface area contributed by atoms with Crippen molar-refractivity contribution in [2.75, 3.05) is 7.11 Å². The summed E-state index contributed by atoms with van der Waals surface area (Å²) in [5, 5.41) is 0.526. The van der Waals surface area contributed by atoms with Crippen LogP contribution in [0.2, 0.25) is 0 Å². The lowest BCUT2D eigenvalue weighted by Crippen LogP contribution is -2.39. The van der Waals surface area contributed by atoms with Crippen molar-refractivity contribution in [1.29, 1.82) is 0 Å². The maximum absolute atomic E-state index is 13.2. The van der Waals surface area contributed by atoms with Crippen molar-refractivity contribution < 1.29 is 22.7 Å². The highest BCUT2D eigenvalue weighted by atomic mass is 32.2. The first-order chi connectivity index (χ1) is 14.3. The molecular weight excluding hydrogens is 406 g/mol. The number of carbonyl (C=O) groups excluding carboxylic acids is 1. The Hall–Kier alpha value is -3.07. The van der Waals surface area contributed by atoms with Gasteiger partial charge in [-0.25, -0.2) is 18.1 Å². The van der Waals surface area contributed by atoms with Crippen LogP contribution < -0.4 is 14.2 Å². The zero-order chi connectivity index (χ0) is 21.5. The number of rotatable bonds is 7. The Kier molecular flexibility index (Phi) is 4.93. The monoisotopic (exact) mass is 429 g/mol. The molecule has 0 atom stereocenters. The number of methoxy groups -OCH3 is 1. The van der Waals surface area contributed by atoms with Gasteiger partial charge in [-0.3, -0.25) is 4.79 Å². The first-order valence-electron chi connectivity index (χ1n) is 9.61. The van der Waals surface area contributed by atoms with Gasteiger partial charge in [0.15, 0.2) is 0 Å². The van der Waals surface area contributed by atoms with E-state index < -0.39 is 21.3 Å². The Morgan fingerprint density at radius 2 is 2.03 bits per heavy atom. The minimum absolute atomic E-state index is 0.0527. The number of aromatic nitrogens is 2. The van der Waals surface area contributed by atoms with Crippen LogP contribution >= 0.6 is 0 Å². The highest BCUT2D eigenvalue weighted by Gasteiger charge is 2.54. The second kappa shape index (κ2) is 7.32.